The maximum absolute atomic E-state index is 13.8. The molecular formula is C46H55N7O6S. The normalized spacial score (nSPS) is 23.1. The van der Waals surface area contributed by atoms with Crippen LogP contribution in [0.25, 0.3) is 11.0 Å². The number of benzene rings is 2. The average molecular weight is 834 g/mol. The molecule has 14 heteroatoms. The SMILES string of the molecule is CC(C)c1ccccc1C1CCCN1C1CC2(CCN(c3cc(Oc4cnc5[nH]ccc5c4)c(C(=O)NS(=O)(=O)c4ccc(NCC5CC(C)(O)C5)c(O)c4)cn3)CC2)C1. The van der Waals surface area contributed by atoms with Crippen molar-refractivity contribution >= 4 is 38.5 Å². The van der Waals surface area contributed by atoms with Crippen LogP contribution in [-0.2, 0) is 10.0 Å². The van der Waals surface area contributed by atoms with Crippen LogP contribution < -0.4 is 19.7 Å². The molecule has 13 nitrogen and oxygen atoms in total. The van der Waals surface area contributed by atoms with Crippen molar-refractivity contribution in [1.29, 1.82) is 0 Å². The van der Waals surface area contributed by atoms with Crippen molar-refractivity contribution in [2.75, 3.05) is 36.4 Å². The number of hydrogen-bond acceptors (Lipinski definition) is 11. The van der Waals surface area contributed by atoms with E-state index in [0.717, 1.165) is 43.9 Å². The number of phenolic OH excluding ortho intramolecular Hbond substituents is 1. The number of phenols is 1. The summed E-state index contributed by atoms with van der Waals surface area (Å²) in [4.78, 5) is 30.7. The number of likely N-dealkylation sites (tertiary alicyclic amines) is 1. The Morgan fingerprint density at radius 2 is 1.78 bits per heavy atom. The number of anilines is 2. The number of sulfonamides is 1. The summed E-state index contributed by atoms with van der Waals surface area (Å²) < 4.78 is 35.5. The Morgan fingerprint density at radius 3 is 2.53 bits per heavy atom. The van der Waals surface area contributed by atoms with E-state index < -0.39 is 21.5 Å². The van der Waals surface area contributed by atoms with Gasteiger partial charge in [-0.2, -0.15) is 0 Å². The largest absolute Gasteiger partial charge is 0.506 e. The molecule has 1 spiro atoms. The van der Waals surface area contributed by atoms with Crippen molar-refractivity contribution < 1.29 is 28.2 Å². The van der Waals surface area contributed by atoms with Crippen LogP contribution in [0, 0.1) is 11.3 Å². The van der Waals surface area contributed by atoms with Gasteiger partial charge in [0.2, 0.25) is 0 Å². The number of carbonyl (C=O) groups excluding carboxylic acids is 1. The summed E-state index contributed by atoms with van der Waals surface area (Å²) in [6, 6.07) is 19.3. The second-order valence-corrected chi connectivity index (χ2v) is 19.9. The smallest absolute Gasteiger partial charge is 0.270 e. The highest BCUT2D eigenvalue weighted by atomic mass is 32.2. The Kier molecular flexibility index (Phi) is 10.5. The lowest BCUT2D eigenvalue weighted by molar-refractivity contribution is -0.0523. The van der Waals surface area contributed by atoms with Crippen LogP contribution in [0.4, 0.5) is 11.5 Å². The quantitative estimate of drug-likeness (QED) is 0.0775. The molecule has 0 bridgehead atoms. The van der Waals surface area contributed by atoms with Gasteiger partial charge < -0.3 is 30.2 Å². The van der Waals surface area contributed by atoms with Crippen molar-refractivity contribution in [2.45, 2.75) is 101 Å². The van der Waals surface area contributed by atoms with Gasteiger partial charge in [-0.05, 0) is 117 Å². The standard InChI is InChI=1S/C46H55N7O6S/c1-29(2)35-7-4-5-8-36(35)39-9-6-16-53(39)32-24-46(25-32)13-17-52(18-14-46)42-21-41(59-33-19-31-12-15-47-43(31)50-27-33)37(28-49-42)44(55)51-60(57,58)34-10-11-38(40(54)20-34)48-26-30-22-45(3,56)23-30/h4-5,7-8,10-12,15,19-21,27-30,32,39,48,54,56H,6,9,13-14,16-18,22-26H2,1-3H3,(H,47,50)(H,51,55). The lowest BCUT2D eigenvalue weighted by Crippen LogP contribution is -2.55. The van der Waals surface area contributed by atoms with E-state index >= 15 is 0 Å². The molecule has 60 heavy (non-hydrogen) atoms. The molecular weight excluding hydrogens is 779 g/mol. The molecule has 2 aliphatic carbocycles. The molecule has 2 saturated carbocycles. The maximum atomic E-state index is 13.8. The molecule has 2 aliphatic heterocycles. The third-order valence-electron chi connectivity index (χ3n) is 13.5. The fourth-order valence-electron chi connectivity index (χ4n) is 10.3. The molecule has 4 aliphatic rings. The second kappa shape index (κ2) is 15.7. The Morgan fingerprint density at radius 1 is 1.00 bits per heavy atom. The number of rotatable bonds is 12. The number of nitrogens with zero attached hydrogens (tertiary/aromatic N) is 4. The summed E-state index contributed by atoms with van der Waals surface area (Å²) in [5.74, 6) is 0.723. The van der Waals surface area contributed by atoms with E-state index in [-0.39, 0.29) is 27.9 Å². The zero-order valence-electron chi connectivity index (χ0n) is 34.5. The van der Waals surface area contributed by atoms with E-state index in [0.29, 0.717) is 65.7 Å². The van der Waals surface area contributed by atoms with Crippen LogP contribution in [0.5, 0.6) is 17.2 Å². The van der Waals surface area contributed by atoms with Crippen molar-refractivity contribution in [3.05, 3.63) is 95.9 Å². The van der Waals surface area contributed by atoms with Crippen molar-refractivity contribution in [2.24, 2.45) is 11.3 Å². The second-order valence-electron chi connectivity index (χ2n) is 18.2. The number of ether oxygens (including phenoxy) is 1. The Hall–Kier alpha value is -5.18. The van der Waals surface area contributed by atoms with Gasteiger partial charge in [0.25, 0.3) is 15.9 Å². The lowest BCUT2D eigenvalue weighted by atomic mass is 9.60. The highest BCUT2D eigenvalue weighted by molar-refractivity contribution is 7.90. The van der Waals surface area contributed by atoms with E-state index in [9.17, 15) is 23.4 Å². The molecule has 0 radical (unpaired) electrons. The van der Waals surface area contributed by atoms with Crippen LogP contribution >= 0.6 is 0 Å². The fraction of sp³-hybridized carbons (Fsp3) is 0.457. The van der Waals surface area contributed by atoms with Gasteiger partial charge in [0.1, 0.15) is 34.3 Å². The minimum Gasteiger partial charge on any atom is -0.506 e. The lowest BCUT2D eigenvalue weighted by Gasteiger charge is -2.56. The van der Waals surface area contributed by atoms with Crippen LogP contribution in [0.3, 0.4) is 0 Å². The Labute approximate surface area is 351 Å². The predicted molar refractivity (Wildman–Crippen MR) is 231 cm³/mol. The van der Waals surface area contributed by atoms with E-state index in [1.54, 1.807) is 31.5 Å². The number of pyridine rings is 2. The molecule has 5 heterocycles. The van der Waals surface area contributed by atoms with E-state index in [1.165, 1.54) is 55.1 Å². The first-order chi connectivity index (χ1) is 28.7. The molecule has 9 rings (SSSR count). The van der Waals surface area contributed by atoms with Gasteiger partial charge >= 0.3 is 0 Å². The summed E-state index contributed by atoms with van der Waals surface area (Å²) in [5, 5.41) is 24.7. The zero-order valence-corrected chi connectivity index (χ0v) is 35.3. The minimum absolute atomic E-state index is 0.0649. The van der Waals surface area contributed by atoms with Gasteiger partial charge in [-0.3, -0.25) is 9.69 Å². The molecule has 1 atom stereocenters. The number of aromatic nitrogens is 3. The molecule has 4 fully saturated rings. The average Bonchev–Trinajstić information content (AvgIpc) is 3.88. The molecule has 316 valence electrons. The highest BCUT2D eigenvalue weighted by Crippen LogP contribution is 2.54. The number of piperidine rings is 1. The van der Waals surface area contributed by atoms with Crippen LogP contribution in [0.2, 0.25) is 0 Å². The summed E-state index contributed by atoms with van der Waals surface area (Å²) in [6.45, 7) is 9.67. The third-order valence-corrected chi connectivity index (χ3v) is 14.8. The van der Waals surface area contributed by atoms with E-state index in [1.807, 2.05) is 6.07 Å². The van der Waals surface area contributed by atoms with Crippen molar-refractivity contribution in [3.8, 4) is 17.2 Å². The topological polar surface area (TPSA) is 173 Å². The number of aromatic hydroxyl groups is 1. The molecule has 5 N–H and O–H groups in total. The zero-order chi connectivity index (χ0) is 41.8. The minimum atomic E-state index is -4.41. The van der Waals surface area contributed by atoms with Gasteiger partial charge in [0.15, 0.2) is 0 Å². The molecule has 1 amide bonds. The van der Waals surface area contributed by atoms with E-state index in [4.69, 9.17) is 4.74 Å². The molecule has 1 unspecified atom stereocenters. The summed E-state index contributed by atoms with van der Waals surface area (Å²) >= 11 is 0. The Balaban J connectivity index is 0.887. The fourth-order valence-corrected chi connectivity index (χ4v) is 11.3. The first-order valence-electron chi connectivity index (χ1n) is 21.3. The van der Waals surface area contributed by atoms with Crippen LogP contribution in [0.1, 0.15) is 106 Å². The highest BCUT2D eigenvalue weighted by Gasteiger charge is 2.50. The number of carbonyl (C=O) groups is 1. The first-order valence-corrected chi connectivity index (χ1v) is 22.8. The predicted octanol–water partition coefficient (Wildman–Crippen LogP) is 7.86. The number of amides is 1. The van der Waals surface area contributed by atoms with Crippen LogP contribution in [-0.4, -0.2) is 82.2 Å². The summed E-state index contributed by atoms with van der Waals surface area (Å²) in [6.07, 6.45) is 12.9. The molecule has 3 aromatic heterocycles. The number of aliphatic hydroxyl groups is 1. The molecule has 2 aromatic carbocycles. The summed E-state index contributed by atoms with van der Waals surface area (Å²) in [7, 11) is -4.41. The molecule has 2 saturated heterocycles. The number of nitrogens with one attached hydrogen (secondary N) is 3. The van der Waals surface area contributed by atoms with Gasteiger partial charge in [-0.25, -0.2) is 23.1 Å². The van der Waals surface area contributed by atoms with Crippen molar-refractivity contribution in [3.63, 3.8) is 0 Å². The summed E-state index contributed by atoms with van der Waals surface area (Å²) in [5.41, 5.74) is 3.58. The number of hydrogen-bond donors (Lipinski definition) is 5. The number of fused-ring (bicyclic) bond motifs is 1. The van der Waals surface area contributed by atoms with Crippen molar-refractivity contribution in [1.82, 2.24) is 24.6 Å². The maximum Gasteiger partial charge on any atom is 0.270 e. The van der Waals surface area contributed by atoms with Gasteiger partial charge in [0, 0.05) is 61.6 Å². The number of aromatic amines is 1. The van der Waals surface area contributed by atoms with Gasteiger partial charge in [0.05, 0.1) is 22.4 Å². The third kappa shape index (κ3) is 8.04. The number of H-pyrrole nitrogens is 1. The molecule has 5 aromatic rings. The monoisotopic (exact) mass is 833 g/mol. The van der Waals surface area contributed by atoms with E-state index in [2.05, 4.69) is 72.9 Å². The van der Waals surface area contributed by atoms with Gasteiger partial charge in [-0.1, -0.05) is 38.1 Å². The van der Waals surface area contributed by atoms with Gasteiger partial charge in [-0.15, -0.1) is 0 Å². The Bertz CT molecular complexity index is 2500. The first kappa shape index (κ1) is 40.2. The van der Waals surface area contributed by atoms with Crippen LogP contribution in [0.15, 0.2) is 84.1 Å².